The maximum Gasteiger partial charge on any atom is 0.0588 e. The zero-order chi connectivity index (χ0) is 12.6. The van der Waals surface area contributed by atoms with Crippen molar-refractivity contribution in [1.82, 2.24) is 19.7 Å². The molecule has 0 aromatic carbocycles. The Bertz CT molecular complexity index is 436. The van der Waals surface area contributed by atoms with E-state index in [-0.39, 0.29) is 0 Å². The first kappa shape index (κ1) is 12.9. The molecular formula is C13H20N4O. The fourth-order valence-electron chi connectivity index (χ4n) is 1.79. The van der Waals surface area contributed by atoms with Crippen LogP contribution >= 0.6 is 0 Å². The fourth-order valence-corrected chi connectivity index (χ4v) is 1.79. The van der Waals surface area contributed by atoms with Crippen molar-refractivity contribution < 1.29 is 4.74 Å². The summed E-state index contributed by atoms with van der Waals surface area (Å²) >= 11 is 0. The number of methoxy groups -OCH3 is 1. The van der Waals surface area contributed by atoms with Gasteiger partial charge in [-0.15, -0.1) is 0 Å². The topological polar surface area (TPSA) is 44.0 Å². The molecule has 2 rings (SSSR count). The number of aryl methyl sites for hydroxylation is 2. The van der Waals surface area contributed by atoms with Crippen molar-refractivity contribution >= 4 is 0 Å². The van der Waals surface area contributed by atoms with E-state index in [1.54, 1.807) is 13.3 Å². The molecule has 0 saturated heterocycles. The van der Waals surface area contributed by atoms with Gasteiger partial charge in [0, 0.05) is 51.5 Å². The van der Waals surface area contributed by atoms with Gasteiger partial charge in [-0.05, 0) is 17.7 Å². The molecule has 1 N–H and O–H groups in total. The Kier molecular flexibility index (Phi) is 4.99. The van der Waals surface area contributed by atoms with Crippen LogP contribution in [0.25, 0.3) is 0 Å². The third-order valence-electron chi connectivity index (χ3n) is 2.77. The second kappa shape index (κ2) is 6.98. The molecule has 0 aliphatic rings. The summed E-state index contributed by atoms with van der Waals surface area (Å²) in [6.07, 6.45) is 8.07. The van der Waals surface area contributed by atoms with E-state index in [0.717, 1.165) is 32.8 Å². The van der Waals surface area contributed by atoms with Gasteiger partial charge in [0.2, 0.25) is 0 Å². The molecule has 5 nitrogen and oxygen atoms in total. The average molecular weight is 248 g/mol. The van der Waals surface area contributed by atoms with Crippen LogP contribution in [0.4, 0.5) is 0 Å². The first-order valence-electron chi connectivity index (χ1n) is 6.20. The highest BCUT2D eigenvalue weighted by atomic mass is 16.5. The lowest BCUT2D eigenvalue weighted by atomic mass is 10.3. The van der Waals surface area contributed by atoms with Crippen LogP contribution in [-0.2, 0) is 24.4 Å². The molecule has 0 amide bonds. The lowest BCUT2D eigenvalue weighted by Gasteiger charge is -2.04. The van der Waals surface area contributed by atoms with E-state index in [0.29, 0.717) is 0 Å². The first-order chi connectivity index (χ1) is 8.88. The minimum Gasteiger partial charge on any atom is -0.383 e. The normalized spacial score (nSPS) is 10.9. The standard InChI is InChI=1S/C13H20N4O/c1-18-10-5-14-11-13-3-7-16(12-13)8-9-17-6-2-4-15-17/h2-4,6-7,12,14H,5,8-11H2,1H3. The van der Waals surface area contributed by atoms with Gasteiger partial charge in [0.25, 0.3) is 0 Å². The van der Waals surface area contributed by atoms with Crippen LogP contribution in [-0.4, -0.2) is 34.6 Å². The van der Waals surface area contributed by atoms with E-state index >= 15 is 0 Å². The second-order valence-corrected chi connectivity index (χ2v) is 4.20. The lowest BCUT2D eigenvalue weighted by Crippen LogP contribution is -2.18. The van der Waals surface area contributed by atoms with Crippen molar-refractivity contribution in [2.75, 3.05) is 20.3 Å². The number of nitrogens with zero attached hydrogens (tertiary/aromatic N) is 3. The van der Waals surface area contributed by atoms with Crippen LogP contribution in [0, 0.1) is 0 Å². The van der Waals surface area contributed by atoms with Crippen LogP contribution in [0.5, 0.6) is 0 Å². The highest BCUT2D eigenvalue weighted by molar-refractivity contribution is 5.09. The Morgan fingerprint density at radius 2 is 2.28 bits per heavy atom. The summed E-state index contributed by atoms with van der Waals surface area (Å²) in [5.74, 6) is 0. The molecule has 0 fully saturated rings. The van der Waals surface area contributed by atoms with Gasteiger partial charge in [-0.3, -0.25) is 4.68 Å². The molecule has 0 unspecified atom stereocenters. The maximum absolute atomic E-state index is 4.99. The molecule has 0 radical (unpaired) electrons. The third kappa shape index (κ3) is 4.01. The van der Waals surface area contributed by atoms with E-state index in [4.69, 9.17) is 4.74 Å². The summed E-state index contributed by atoms with van der Waals surface area (Å²) in [7, 11) is 1.72. The largest absolute Gasteiger partial charge is 0.383 e. The molecule has 0 atom stereocenters. The predicted octanol–water partition coefficient (Wildman–Crippen LogP) is 1.12. The van der Waals surface area contributed by atoms with Gasteiger partial charge in [-0.25, -0.2) is 0 Å². The molecule has 0 aliphatic heterocycles. The Balaban J connectivity index is 1.72. The van der Waals surface area contributed by atoms with Crippen molar-refractivity contribution in [2.45, 2.75) is 19.6 Å². The summed E-state index contributed by atoms with van der Waals surface area (Å²) in [6, 6.07) is 4.09. The van der Waals surface area contributed by atoms with Crippen molar-refractivity contribution in [3.05, 3.63) is 42.5 Å². The monoisotopic (exact) mass is 248 g/mol. The zero-order valence-electron chi connectivity index (χ0n) is 10.7. The smallest absolute Gasteiger partial charge is 0.0588 e. The highest BCUT2D eigenvalue weighted by Gasteiger charge is 1.97. The summed E-state index contributed by atoms with van der Waals surface area (Å²) in [5, 5.41) is 7.51. The van der Waals surface area contributed by atoms with E-state index in [9.17, 15) is 0 Å². The van der Waals surface area contributed by atoms with Crippen LogP contribution in [0.3, 0.4) is 0 Å². The van der Waals surface area contributed by atoms with Gasteiger partial charge in [0.15, 0.2) is 0 Å². The predicted molar refractivity (Wildman–Crippen MR) is 70.2 cm³/mol. The van der Waals surface area contributed by atoms with Crippen molar-refractivity contribution in [1.29, 1.82) is 0 Å². The number of aromatic nitrogens is 3. The molecule has 0 bridgehead atoms. The Morgan fingerprint density at radius 1 is 1.33 bits per heavy atom. The number of ether oxygens (including phenoxy) is 1. The zero-order valence-corrected chi connectivity index (χ0v) is 10.7. The van der Waals surface area contributed by atoms with Gasteiger partial charge in [0.05, 0.1) is 13.2 Å². The lowest BCUT2D eigenvalue weighted by molar-refractivity contribution is 0.199. The summed E-state index contributed by atoms with van der Waals surface area (Å²) < 4.78 is 9.12. The molecule has 2 aromatic rings. The number of hydrogen-bond acceptors (Lipinski definition) is 3. The molecule has 0 saturated carbocycles. The van der Waals surface area contributed by atoms with Gasteiger partial charge < -0.3 is 14.6 Å². The molecular weight excluding hydrogens is 228 g/mol. The van der Waals surface area contributed by atoms with Gasteiger partial charge in [0.1, 0.15) is 0 Å². The first-order valence-corrected chi connectivity index (χ1v) is 6.20. The molecule has 2 aromatic heterocycles. The summed E-state index contributed by atoms with van der Waals surface area (Å²) in [4.78, 5) is 0. The molecule has 0 aliphatic carbocycles. The van der Waals surface area contributed by atoms with E-state index < -0.39 is 0 Å². The van der Waals surface area contributed by atoms with Crippen molar-refractivity contribution in [2.24, 2.45) is 0 Å². The molecule has 5 heteroatoms. The van der Waals surface area contributed by atoms with Crippen LogP contribution in [0.1, 0.15) is 5.56 Å². The molecule has 18 heavy (non-hydrogen) atoms. The summed E-state index contributed by atoms with van der Waals surface area (Å²) in [5.41, 5.74) is 1.30. The van der Waals surface area contributed by atoms with E-state index in [1.165, 1.54) is 5.56 Å². The van der Waals surface area contributed by atoms with E-state index in [2.05, 4.69) is 33.4 Å². The number of nitrogens with one attached hydrogen (secondary N) is 1. The average Bonchev–Trinajstić information content (AvgIpc) is 3.03. The van der Waals surface area contributed by atoms with Crippen molar-refractivity contribution in [3.8, 4) is 0 Å². The minimum atomic E-state index is 0.750. The number of rotatable bonds is 8. The molecule has 0 spiro atoms. The maximum atomic E-state index is 4.99. The van der Waals surface area contributed by atoms with Crippen molar-refractivity contribution in [3.63, 3.8) is 0 Å². The van der Waals surface area contributed by atoms with Crippen LogP contribution in [0.2, 0.25) is 0 Å². The van der Waals surface area contributed by atoms with Gasteiger partial charge in [-0.2, -0.15) is 5.10 Å². The Morgan fingerprint density at radius 3 is 3.06 bits per heavy atom. The quantitative estimate of drug-likeness (QED) is 0.712. The molecule has 2 heterocycles. The third-order valence-corrected chi connectivity index (χ3v) is 2.77. The summed E-state index contributed by atoms with van der Waals surface area (Å²) in [6.45, 7) is 4.37. The number of hydrogen-bond donors (Lipinski definition) is 1. The van der Waals surface area contributed by atoms with Gasteiger partial charge in [-0.1, -0.05) is 0 Å². The highest BCUT2D eigenvalue weighted by Crippen LogP contribution is 2.01. The van der Waals surface area contributed by atoms with Crippen LogP contribution < -0.4 is 5.32 Å². The Hall–Kier alpha value is -1.59. The minimum absolute atomic E-state index is 0.750. The SMILES string of the molecule is COCCNCc1ccn(CCn2cccn2)c1. The van der Waals surface area contributed by atoms with Gasteiger partial charge >= 0.3 is 0 Å². The molecule has 98 valence electrons. The fraction of sp³-hybridized carbons (Fsp3) is 0.462. The Labute approximate surface area is 107 Å². The second-order valence-electron chi connectivity index (χ2n) is 4.20. The van der Waals surface area contributed by atoms with E-state index in [1.807, 2.05) is 16.9 Å². The van der Waals surface area contributed by atoms with Crippen LogP contribution in [0.15, 0.2) is 36.9 Å².